The molecule has 4 aromatic rings. The Balaban J connectivity index is 1.26. The average Bonchev–Trinajstić information content (AvgIpc) is 3.58. The Morgan fingerprint density at radius 2 is 1.93 bits per heavy atom. The van der Waals surface area contributed by atoms with Gasteiger partial charge in [0.1, 0.15) is 23.8 Å². The Hall–Kier alpha value is -3.00. The van der Waals surface area contributed by atoms with Crippen LogP contribution in [-0.2, 0) is 0 Å². The van der Waals surface area contributed by atoms with Gasteiger partial charge in [-0.15, -0.1) is 0 Å². The molecule has 9 rings (SSSR count). The molecule has 5 fully saturated rings. The Labute approximate surface area is 246 Å². The molecule has 5 aliphatic rings. The maximum Gasteiger partial charge on any atom is 0.319 e. The first-order chi connectivity index (χ1) is 20.1. The molecule has 2 aromatic heterocycles. The summed E-state index contributed by atoms with van der Waals surface area (Å²) in [5, 5.41) is 4.11. The van der Waals surface area contributed by atoms with Crippen molar-refractivity contribution in [3.63, 3.8) is 0 Å². The first-order valence-electron chi connectivity index (χ1n) is 13.9. The fourth-order valence-corrected chi connectivity index (χ4v) is 8.32. The van der Waals surface area contributed by atoms with Crippen LogP contribution in [0.1, 0.15) is 25.7 Å². The summed E-state index contributed by atoms with van der Waals surface area (Å²) in [5.74, 6) is -3.58. The highest BCUT2D eigenvalue weighted by atomic mass is 35.5. The number of nitrogen functional groups attached to an aromatic ring is 1. The van der Waals surface area contributed by atoms with Crippen molar-refractivity contribution < 1.29 is 22.3 Å². The third-order valence-corrected chi connectivity index (χ3v) is 10.3. The van der Waals surface area contributed by atoms with E-state index in [1.165, 1.54) is 12.1 Å². The molecule has 7 heterocycles. The zero-order valence-corrected chi connectivity index (χ0v) is 23.8. The molecule has 3 atom stereocenters. The molecule has 14 heteroatoms. The number of nitrogens with one attached hydrogen (secondary N) is 1. The molecule has 5 aliphatic heterocycles. The molecular formula is C28H26ClF4N7OS. The normalized spacial score (nSPS) is 26.6. The molecule has 0 spiro atoms. The molecule has 0 aliphatic carbocycles. The summed E-state index contributed by atoms with van der Waals surface area (Å²) in [6, 6.07) is 4.74. The second-order valence-electron chi connectivity index (χ2n) is 11.9. The number of nitrogens with two attached hydrogens (primary N) is 1. The number of aromatic nitrogens is 3. The standard InChI is InChI=1S/C28H26ClF4N7OS/c29-17-7-16-21(20(31)19(17)15-2-3-18(30)23-22(15)36-25(34)42-23)37-26(38-24(16)39-8-13-6-14(9-39)35-13)41-12-27-4-1-5-40(27)11-28(32,33)10-27/h2-3,7,13-14,35H,1,4-6,8-12H2,(H2,34,36)/t13-,14+,27?. The molecular weight excluding hydrogens is 594 g/mol. The number of alkyl halides is 2. The van der Waals surface area contributed by atoms with Crippen molar-refractivity contribution in [1.82, 2.24) is 25.2 Å². The van der Waals surface area contributed by atoms with Gasteiger partial charge in [0, 0.05) is 48.1 Å². The number of nitrogens with zero attached hydrogens (tertiary/aromatic N) is 5. The number of fused-ring (bicyclic) bond motifs is 5. The zero-order valence-electron chi connectivity index (χ0n) is 22.3. The van der Waals surface area contributed by atoms with Crippen LogP contribution >= 0.6 is 22.9 Å². The maximum atomic E-state index is 16.6. The van der Waals surface area contributed by atoms with Crippen molar-refractivity contribution >= 4 is 55.0 Å². The number of halogens is 5. The van der Waals surface area contributed by atoms with E-state index in [0.717, 1.165) is 24.2 Å². The fourth-order valence-electron chi connectivity index (χ4n) is 7.26. The number of ether oxygens (including phenoxy) is 1. The van der Waals surface area contributed by atoms with E-state index in [1.807, 2.05) is 0 Å². The van der Waals surface area contributed by atoms with Crippen molar-refractivity contribution in [1.29, 1.82) is 0 Å². The SMILES string of the molecule is Nc1nc2c(-c3c(Cl)cc4c(N5C[C@H]6C[C@@H](C5)N6)nc(OCC56CCCN5CC(F)(F)C6)nc4c3F)ccc(F)c2s1. The van der Waals surface area contributed by atoms with Crippen LogP contribution in [0.4, 0.5) is 28.5 Å². The molecule has 2 aromatic carbocycles. The van der Waals surface area contributed by atoms with Gasteiger partial charge in [-0.1, -0.05) is 22.9 Å². The second kappa shape index (κ2) is 9.25. The third-order valence-electron chi connectivity index (χ3n) is 9.07. The number of thiazole rings is 1. The molecule has 220 valence electrons. The summed E-state index contributed by atoms with van der Waals surface area (Å²) < 4.78 is 66.2. The number of piperazine rings is 1. The van der Waals surface area contributed by atoms with Gasteiger partial charge >= 0.3 is 6.01 Å². The molecule has 5 saturated heterocycles. The summed E-state index contributed by atoms with van der Waals surface area (Å²) in [5.41, 5.74) is 5.51. The average molecular weight is 620 g/mol. The lowest BCUT2D eigenvalue weighted by molar-refractivity contribution is 0.00804. The van der Waals surface area contributed by atoms with Crippen LogP contribution in [0.15, 0.2) is 18.2 Å². The number of anilines is 2. The molecule has 0 amide bonds. The van der Waals surface area contributed by atoms with Gasteiger partial charge in [-0.3, -0.25) is 4.90 Å². The Bertz CT molecular complexity index is 1760. The van der Waals surface area contributed by atoms with Gasteiger partial charge in [0.05, 0.1) is 27.3 Å². The quantitative estimate of drug-likeness (QED) is 0.294. The van der Waals surface area contributed by atoms with Crippen molar-refractivity contribution in [2.75, 3.05) is 43.4 Å². The Morgan fingerprint density at radius 3 is 2.71 bits per heavy atom. The van der Waals surface area contributed by atoms with E-state index < -0.39 is 23.1 Å². The van der Waals surface area contributed by atoms with E-state index in [0.29, 0.717) is 37.3 Å². The van der Waals surface area contributed by atoms with Crippen molar-refractivity contribution in [2.24, 2.45) is 0 Å². The minimum absolute atomic E-state index is 0.00854. The molecule has 2 bridgehead atoms. The van der Waals surface area contributed by atoms with E-state index in [-0.39, 0.29) is 74.7 Å². The lowest BCUT2D eigenvalue weighted by Gasteiger charge is -2.48. The van der Waals surface area contributed by atoms with Crippen LogP contribution in [0.2, 0.25) is 5.02 Å². The summed E-state index contributed by atoms with van der Waals surface area (Å²) >= 11 is 7.70. The van der Waals surface area contributed by atoms with Gasteiger partial charge in [0.15, 0.2) is 10.9 Å². The predicted molar refractivity (Wildman–Crippen MR) is 154 cm³/mol. The van der Waals surface area contributed by atoms with E-state index in [2.05, 4.69) is 20.2 Å². The molecule has 42 heavy (non-hydrogen) atoms. The molecule has 8 nitrogen and oxygen atoms in total. The summed E-state index contributed by atoms with van der Waals surface area (Å²) in [7, 11) is 0. The fraction of sp³-hybridized carbons (Fsp3) is 0.464. The first-order valence-corrected chi connectivity index (χ1v) is 15.1. The van der Waals surface area contributed by atoms with Gasteiger partial charge in [-0.05, 0) is 44.0 Å². The zero-order chi connectivity index (χ0) is 29.0. The first kappa shape index (κ1) is 26.6. The van der Waals surface area contributed by atoms with Crippen molar-refractivity contribution in [2.45, 2.75) is 49.2 Å². The summed E-state index contributed by atoms with van der Waals surface area (Å²) in [6.07, 6.45) is 2.13. The van der Waals surface area contributed by atoms with Crippen LogP contribution in [0.5, 0.6) is 6.01 Å². The molecule has 0 radical (unpaired) electrons. The van der Waals surface area contributed by atoms with Crippen LogP contribution in [0, 0.1) is 11.6 Å². The maximum absolute atomic E-state index is 16.6. The van der Waals surface area contributed by atoms with Gasteiger partial charge in [0.2, 0.25) is 0 Å². The Kier molecular flexibility index (Phi) is 5.86. The highest BCUT2D eigenvalue weighted by Crippen LogP contribution is 2.47. The van der Waals surface area contributed by atoms with E-state index in [9.17, 15) is 13.2 Å². The lowest BCUT2D eigenvalue weighted by atomic mass is 9.91. The van der Waals surface area contributed by atoms with Crippen LogP contribution in [0.3, 0.4) is 0 Å². The predicted octanol–water partition coefficient (Wildman–Crippen LogP) is 5.22. The second-order valence-corrected chi connectivity index (χ2v) is 13.3. The van der Waals surface area contributed by atoms with Crippen LogP contribution < -0.4 is 20.7 Å². The summed E-state index contributed by atoms with van der Waals surface area (Å²) in [4.78, 5) is 17.2. The lowest BCUT2D eigenvalue weighted by Crippen LogP contribution is -2.67. The third kappa shape index (κ3) is 4.11. The van der Waals surface area contributed by atoms with Gasteiger partial charge in [-0.25, -0.2) is 22.5 Å². The number of benzene rings is 2. The smallest absolute Gasteiger partial charge is 0.319 e. The van der Waals surface area contributed by atoms with Crippen molar-refractivity contribution in [3.05, 3.63) is 34.9 Å². The van der Waals surface area contributed by atoms with Crippen molar-refractivity contribution in [3.8, 4) is 17.1 Å². The minimum Gasteiger partial charge on any atom is -0.461 e. The highest BCUT2D eigenvalue weighted by molar-refractivity contribution is 7.22. The van der Waals surface area contributed by atoms with Gasteiger partial charge < -0.3 is 20.7 Å². The number of hydrogen-bond donors (Lipinski definition) is 2. The number of piperidine rings is 1. The van der Waals surface area contributed by atoms with Crippen LogP contribution in [0.25, 0.3) is 32.2 Å². The van der Waals surface area contributed by atoms with Gasteiger partial charge in [-0.2, -0.15) is 9.97 Å². The van der Waals surface area contributed by atoms with E-state index in [4.69, 9.17) is 27.1 Å². The Morgan fingerprint density at radius 1 is 1.14 bits per heavy atom. The van der Waals surface area contributed by atoms with E-state index in [1.54, 1.807) is 11.0 Å². The number of hydrogen-bond acceptors (Lipinski definition) is 9. The minimum atomic E-state index is -2.79. The van der Waals surface area contributed by atoms with Crippen LogP contribution in [-0.4, -0.2) is 76.2 Å². The summed E-state index contributed by atoms with van der Waals surface area (Å²) in [6.45, 7) is 1.57. The van der Waals surface area contributed by atoms with E-state index >= 15 is 4.39 Å². The molecule has 1 unspecified atom stereocenters. The largest absolute Gasteiger partial charge is 0.461 e. The number of rotatable bonds is 5. The van der Waals surface area contributed by atoms with Gasteiger partial charge in [0.25, 0.3) is 5.92 Å². The molecule has 3 N–H and O–H groups in total. The molecule has 0 saturated carbocycles. The topological polar surface area (TPSA) is 92.4 Å². The monoisotopic (exact) mass is 619 g/mol. The highest BCUT2D eigenvalue weighted by Gasteiger charge is 2.57.